The van der Waals surface area contributed by atoms with Crippen LogP contribution in [0, 0.1) is 20.8 Å². The van der Waals surface area contributed by atoms with E-state index in [0.29, 0.717) is 5.92 Å². The maximum Gasteiger partial charge on any atom is 0.266 e. The topological polar surface area (TPSA) is 59.2 Å². The number of aromatic nitrogens is 2. The molecule has 0 aliphatic carbocycles. The quantitative estimate of drug-likeness (QED) is 0.846. The van der Waals surface area contributed by atoms with Gasteiger partial charge in [0.1, 0.15) is 10.6 Å². The summed E-state index contributed by atoms with van der Waals surface area (Å²) in [6.07, 6.45) is 1.97. The number of hydrogen-bond donors (Lipinski definition) is 0. The van der Waals surface area contributed by atoms with Crippen LogP contribution in [0.3, 0.4) is 0 Å². The highest BCUT2D eigenvalue weighted by Crippen LogP contribution is 2.37. The number of nitrogens with zero attached hydrogens (tertiary/aromatic N) is 3. The third-order valence-electron chi connectivity index (χ3n) is 4.44. The molecule has 1 fully saturated rings. The Morgan fingerprint density at radius 3 is 2.61 bits per heavy atom. The van der Waals surface area contributed by atoms with Crippen molar-refractivity contribution in [2.75, 3.05) is 6.54 Å². The summed E-state index contributed by atoms with van der Waals surface area (Å²) in [5.74, 6) is 1.25. The van der Waals surface area contributed by atoms with Crippen LogP contribution in [0.5, 0.6) is 0 Å². The van der Waals surface area contributed by atoms with Gasteiger partial charge in [-0.3, -0.25) is 4.79 Å². The monoisotopic (exact) mass is 333 g/mol. The highest BCUT2D eigenvalue weighted by molar-refractivity contribution is 7.13. The molecule has 3 heterocycles. The lowest BCUT2D eigenvalue weighted by atomic mass is 10.0. The standard InChI is InChI=1S/C17H23N3O2S/c1-9(2)16-18-11(4)15(23-16)17(21)20-8-6-7-13(20)14-10(3)19-22-12(14)5/h9,13H,6-8H2,1-5H3/t13-/m1/s1. The van der Waals surface area contributed by atoms with Crippen LogP contribution >= 0.6 is 11.3 Å². The lowest BCUT2D eigenvalue weighted by Crippen LogP contribution is -2.30. The first-order chi connectivity index (χ1) is 10.9. The highest BCUT2D eigenvalue weighted by Gasteiger charge is 2.35. The summed E-state index contributed by atoms with van der Waals surface area (Å²) >= 11 is 1.53. The second-order valence-electron chi connectivity index (χ2n) is 6.52. The molecule has 6 heteroatoms. The molecular formula is C17H23N3O2S. The summed E-state index contributed by atoms with van der Waals surface area (Å²) in [7, 11) is 0. The third-order valence-corrected chi connectivity index (χ3v) is 5.88. The van der Waals surface area contributed by atoms with E-state index >= 15 is 0 Å². The van der Waals surface area contributed by atoms with E-state index in [-0.39, 0.29) is 11.9 Å². The molecule has 0 bridgehead atoms. The van der Waals surface area contributed by atoms with Gasteiger partial charge in [-0.05, 0) is 33.6 Å². The van der Waals surface area contributed by atoms with Crippen LogP contribution in [0.2, 0.25) is 0 Å². The maximum absolute atomic E-state index is 13.1. The van der Waals surface area contributed by atoms with Gasteiger partial charge in [0.15, 0.2) is 0 Å². The molecule has 1 aliphatic heterocycles. The van der Waals surface area contributed by atoms with Crippen LogP contribution in [0.4, 0.5) is 0 Å². The van der Waals surface area contributed by atoms with Crippen molar-refractivity contribution in [2.24, 2.45) is 0 Å². The van der Waals surface area contributed by atoms with Crippen molar-refractivity contribution < 1.29 is 9.32 Å². The van der Waals surface area contributed by atoms with E-state index in [1.807, 2.05) is 25.7 Å². The van der Waals surface area contributed by atoms with E-state index in [1.54, 1.807) is 0 Å². The van der Waals surface area contributed by atoms with E-state index < -0.39 is 0 Å². The van der Waals surface area contributed by atoms with Gasteiger partial charge in [-0.1, -0.05) is 19.0 Å². The number of thiazole rings is 1. The Morgan fingerprint density at radius 2 is 2.04 bits per heavy atom. The largest absolute Gasteiger partial charge is 0.361 e. The van der Waals surface area contributed by atoms with Gasteiger partial charge in [0.25, 0.3) is 5.91 Å². The van der Waals surface area contributed by atoms with Crippen molar-refractivity contribution in [1.82, 2.24) is 15.0 Å². The van der Waals surface area contributed by atoms with Crippen molar-refractivity contribution in [3.63, 3.8) is 0 Å². The van der Waals surface area contributed by atoms with Crippen LogP contribution in [0.1, 0.15) is 76.0 Å². The highest BCUT2D eigenvalue weighted by atomic mass is 32.1. The summed E-state index contributed by atoms with van der Waals surface area (Å²) in [5.41, 5.74) is 2.80. The molecule has 5 nitrogen and oxygen atoms in total. The molecule has 0 radical (unpaired) electrons. The van der Waals surface area contributed by atoms with Crippen LogP contribution in [-0.4, -0.2) is 27.5 Å². The molecule has 1 amide bonds. The van der Waals surface area contributed by atoms with E-state index in [4.69, 9.17) is 4.52 Å². The molecule has 0 unspecified atom stereocenters. The van der Waals surface area contributed by atoms with Crippen LogP contribution in [0.15, 0.2) is 4.52 Å². The van der Waals surface area contributed by atoms with Gasteiger partial charge in [0, 0.05) is 18.0 Å². The number of amides is 1. The molecule has 0 saturated carbocycles. The van der Waals surface area contributed by atoms with Crippen LogP contribution in [-0.2, 0) is 0 Å². The zero-order valence-electron chi connectivity index (χ0n) is 14.3. The Balaban J connectivity index is 1.93. The summed E-state index contributed by atoms with van der Waals surface area (Å²) in [5, 5.41) is 5.08. The first-order valence-corrected chi connectivity index (χ1v) is 8.92. The Kier molecular flexibility index (Phi) is 4.27. The van der Waals surface area contributed by atoms with E-state index in [1.165, 1.54) is 11.3 Å². The van der Waals surface area contributed by atoms with Crippen molar-refractivity contribution >= 4 is 17.2 Å². The molecule has 2 aromatic rings. The molecule has 0 aromatic carbocycles. The predicted octanol–water partition coefficient (Wildman–Crippen LogP) is 4.16. The minimum Gasteiger partial charge on any atom is -0.361 e. The first kappa shape index (κ1) is 16.2. The normalized spacial score (nSPS) is 18.2. The number of carbonyl (C=O) groups excluding carboxylic acids is 1. The fourth-order valence-corrected chi connectivity index (χ4v) is 4.29. The molecule has 0 N–H and O–H groups in total. The third kappa shape index (κ3) is 2.80. The van der Waals surface area contributed by atoms with Gasteiger partial charge in [0.05, 0.1) is 22.4 Å². The molecule has 0 spiro atoms. The minimum atomic E-state index is 0.0674. The van der Waals surface area contributed by atoms with E-state index in [0.717, 1.165) is 52.0 Å². The van der Waals surface area contributed by atoms with E-state index in [9.17, 15) is 4.79 Å². The summed E-state index contributed by atoms with van der Waals surface area (Å²) in [6.45, 7) is 10.8. The molecule has 23 heavy (non-hydrogen) atoms. The van der Waals surface area contributed by atoms with Gasteiger partial charge in [0.2, 0.25) is 0 Å². The van der Waals surface area contributed by atoms with Crippen molar-refractivity contribution in [1.29, 1.82) is 0 Å². The lowest BCUT2D eigenvalue weighted by Gasteiger charge is -2.24. The minimum absolute atomic E-state index is 0.0674. The second kappa shape index (κ2) is 6.07. The summed E-state index contributed by atoms with van der Waals surface area (Å²) < 4.78 is 5.30. The smallest absolute Gasteiger partial charge is 0.266 e. The fraction of sp³-hybridized carbons (Fsp3) is 0.588. The van der Waals surface area contributed by atoms with Gasteiger partial charge < -0.3 is 9.42 Å². The molecule has 1 aliphatic rings. The number of rotatable bonds is 3. The van der Waals surface area contributed by atoms with Crippen molar-refractivity contribution in [3.8, 4) is 0 Å². The number of carbonyl (C=O) groups is 1. The Hall–Kier alpha value is -1.69. The van der Waals surface area contributed by atoms with Gasteiger partial charge in [-0.25, -0.2) is 4.98 Å². The molecule has 1 saturated heterocycles. The Bertz CT molecular complexity index is 713. The average molecular weight is 333 g/mol. The number of hydrogen-bond acceptors (Lipinski definition) is 5. The summed E-state index contributed by atoms with van der Waals surface area (Å²) in [6, 6.07) is 0.0674. The second-order valence-corrected chi connectivity index (χ2v) is 7.55. The SMILES string of the molecule is Cc1nc(C(C)C)sc1C(=O)N1CCC[C@@H]1c1c(C)noc1C. The molecule has 1 atom stereocenters. The van der Waals surface area contributed by atoms with Gasteiger partial charge in [-0.2, -0.15) is 0 Å². The van der Waals surface area contributed by atoms with Crippen LogP contribution in [0.25, 0.3) is 0 Å². The van der Waals surface area contributed by atoms with Crippen molar-refractivity contribution in [2.45, 2.75) is 59.4 Å². The Labute approximate surface area is 140 Å². The van der Waals surface area contributed by atoms with E-state index in [2.05, 4.69) is 24.0 Å². The molecule has 3 rings (SSSR count). The zero-order valence-corrected chi connectivity index (χ0v) is 15.2. The number of aryl methyl sites for hydroxylation is 3. The maximum atomic E-state index is 13.1. The Morgan fingerprint density at radius 1 is 1.30 bits per heavy atom. The average Bonchev–Trinajstić information content (AvgIpc) is 3.18. The van der Waals surface area contributed by atoms with Crippen LogP contribution < -0.4 is 0 Å². The number of likely N-dealkylation sites (tertiary alicyclic amines) is 1. The van der Waals surface area contributed by atoms with Gasteiger partial charge >= 0.3 is 0 Å². The predicted molar refractivity (Wildman–Crippen MR) is 89.9 cm³/mol. The summed E-state index contributed by atoms with van der Waals surface area (Å²) in [4.78, 5) is 20.4. The van der Waals surface area contributed by atoms with Gasteiger partial charge in [-0.15, -0.1) is 11.3 Å². The fourth-order valence-electron chi connectivity index (χ4n) is 3.27. The molecule has 2 aromatic heterocycles. The molecular weight excluding hydrogens is 310 g/mol. The first-order valence-electron chi connectivity index (χ1n) is 8.11. The van der Waals surface area contributed by atoms with Crippen molar-refractivity contribution in [3.05, 3.63) is 32.6 Å². The lowest BCUT2D eigenvalue weighted by molar-refractivity contribution is 0.0738. The molecule has 124 valence electrons. The zero-order chi connectivity index (χ0) is 16.7.